The van der Waals surface area contributed by atoms with E-state index in [0.29, 0.717) is 35.5 Å². The number of rotatable bonds is 6. The molecule has 8 nitrogen and oxygen atoms in total. The van der Waals surface area contributed by atoms with E-state index in [0.717, 1.165) is 16.5 Å². The molecule has 2 aliphatic heterocycles. The number of esters is 2. The average molecular weight is 476 g/mol. The van der Waals surface area contributed by atoms with Crippen LogP contribution in [0.2, 0.25) is 0 Å². The first-order valence-electron chi connectivity index (χ1n) is 12.0. The van der Waals surface area contributed by atoms with Gasteiger partial charge in [0.15, 0.2) is 0 Å². The number of likely N-dealkylation sites (N-methyl/N-ethyl adjacent to an activating group) is 1. The Morgan fingerprint density at radius 3 is 2.74 bits per heavy atom. The number of benzene rings is 1. The van der Waals surface area contributed by atoms with Crippen LogP contribution < -0.4 is 10.9 Å². The van der Waals surface area contributed by atoms with Gasteiger partial charge in [-0.2, -0.15) is 0 Å². The van der Waals surface area contributed by atoms with Gasteiger partial charge in [-0.1, -0.05) is 39.0 Å². The van der Waals surface area contributed by atoms with Crippen LogP contribution in [0.25, 0.3) is 22.3 Å². The summed E-state index contributed by atoms with van der Waals surface area (Å²) in [5.74, 6) is -0.958. The molecule has 0 saturated heterocycles. The lowest BCUT2D eigenvalue weighted by Crippen LogP contribution is -2.50. The number of fused-ring (bicyclic) bond motifs is 5. The van der Waals surface area contributed by atoms with Gasteiger partial charge in [0, 0.05) is 16.5 Å². The second kappa shape index (κ2) is 8.61. The van der Waals surface area contributed by atoms with Crippen molar-refractivity contribution in [2.75, 3.05) is 7.05 Å². The Labute approximate surface area is 203 Å². The van der Waals surface area contributed by atoms with Crippen LogP contribution in [0, 0.1) is 5.92 Å². The number of aromatic nitrogens is 2. The molecule has 0 unspecified atom stereocenters. The van der Waals surface area contributed by atoms with E-state index in [4.69, 9.17) is 14.5 Å². The van der Waals surface area contributed by atoms with Crippen LogP contribution in [-0.2, 0) is 37.8 Å². The van der Waals surface area contributed by atoms with E-state index >= 15 is 0 Å². The van der Waals surface area contributed by atoms with Crippen LogP contribution in [0.15, 0.2) is 41.2 Å². The highest BCUT2D eigenvalue weighted by atomic mass is 16.6. The molecule has 35 heavy (non-hydrogen) atoms. The number of carbonyl (C=O) groups excluding carboxylic acids is 2. The van der Waals surface area contributed by atoms with Crippen molar-refractivity contribution in [1.82, 2.24) is 14.9 Å². The number of ether oxygens (including phenoxy) is 2. The smallest absolute Gasteiger partial charge is 0.355 e. The molecule has 0 saturated carbocycles. The Morgan fingerprint density at radius 2 is 2.03 bits per heavy atom. The van der Waals surface area contributed by atoms with Gasteiger partial charge in [0.05, 0.1) is 29.0 Å². The zero-order valence-electron chi connectivity index (χ0n) is 20.4. The van der Waals surface area contributed by atoms with Gasteiger partial charge in [0.25, 0.3) is 5.56 Å². The summed E-state index contributed by atoms with van der Waals surface area (Å²) >= 11 is 0. The minimum Gasteiger partial charge on any atom is -0.457 e. The summed E-state index contributed by atoms with van der Waals surface area (Å²) in [6.07, 6.45) is 0.692. The molecule has 2 aromatic heterocycles. The summed E-state index contributed by atoms with van der Waals surface area (Å²) in [6, 6.07) is 11.0. The molecule has 0 aliphatic carbocycles. The van der Waals surface area contributed by atoms with Crippen molar-refractivity contribution in [3.8, 4) is 11.4 Å². The summed E-state index contributed by atoms with van der Waals surface area (Å²) in [5, 5.41) is 3.98. The van der Waals surface area contributed by atoms with E-state index in [1.165, 1.54) is 0 Å². The SMILES string of the molecule is CC[C@@]1(OC(=O)[C@H](CC(C)C)NC)C(=O)OCc2c1cc1n(c2=O)Cc2cc3ccccc3nc2-1. The Hall–Kier alpha value is -3.52. The fourth-order valence-electron chi connectivity index (χ4n) is 5.13. The first kappa shape index (κ1) is 23.2. The highest BCUT2D eigenvalue weighted by Crippen LogP contribution is 2.41. The Kier molecular flexibility index (Phi) is 5.71. The molecule has 2 aliphatic rings. The van der Waals surface area contributed by atoms with Crippen molar-refractivity contribution < 1.29 is 19.1 Å². The third-order valence-electron chi connectivity index (χ3n) is 7.00. The van der Waals surface area contributed by atoms with Crippen LogP contribution in [0.5, 0.6) is 0 Å². The number of pyridine rings is 2. The summed E-state index contributed by atoms with van der Waals surface area (Å²) in [6.45, 7) is 6.01. The summed E-state index contributed by atoms with van der Waals surface area (Å²) in [7, 11) is 1.69. The summed E-state index contributed by atoms with van der Waals surface area (Å²) in [5.41, 5.74) is 1.86. The molecule has 182 valence electrons. The van der Waals surface area contributed by atoms with Gasteiger partial charge in [-0.3, -0.25) is 9.59 Å². The number of hydrogen-bond acceptors (Lipinski definition) is 7. The molecule has 8 heteroatoms. The largest absolute Gasteiger partial charge is 0.457 e. The molecule has 1 N–H and O–H groups in total. The quantitative estimate of drug-likeness (QED) is 0.427. The maximum atomic E-state index is 13.6. The minimum absolute atomic E-state index is 0.142. The molecule has 0 bridgehead atoms. The minimum atomic E-state index is -1.69. The van der Waals surface area contributed by atoms with Gasteiger partial charge >= 0.3 is 11.9 Å². The molecule has 0 fully saturated rings. The molecule has 5 rings (SSSR count). The maximum Gasteiger partial charge on any atom is 0.355 e. The van der Waals surface area contributed by atoms with Gasteiger partial charge in [-0.15, -0.1) is 0 Å². The zero-order chi connectivity index (χ0) is 24.9. The zero-order valence-corrected chi connectivity index (χ0v) is 20.4. The first-order valence-corrected chi connectivity index (χ1v) is 12.0. The third-order valence-corrected chi connectivity index (χ3v) is 7.00. The van der Waals surface area contributed by atoms with Gasteiger partial charge in [0.2, 0.25) is 5.60 Å². The topological polar surface area (TPSA) is 99.5 Å². The lowest BCUT2D eigenvalue weighted by atomic mass is 9.85. The van der Waals surface area contributed by atoms with E-state index in [1.54, 1.807) is 24.6 Å². The maximum absolute atomic E-state index is 13.6. The van der Waals surface area contributed by atoms with Crippen LogP contribution >= 0.6 is 0 Å². The van der Waals surface area contributed by atoms with E-state index in [-0.39, 0.29) is 24.5 Å². The second-order valence-electron chi connectivity index (χ2n) is 9.65. The number of nitrogens with zero attached hydrogens (tertiary/aromatic N) is 2. The third kappa shape index (κ3) is 3.63. The normalized spacial score (nSPS) is 19.2. The highest BCUT2D eigenvalue weighted by Gasteiger charge is 2.51. The summed E-state index contributed by atoms with van der Waals surface area (Å²) < 4.78 is 13.0. The molecule has 1 aromatic carbocycles. The Morgan fingerprint density at radius 1 is 1.26 bits per heavy atom. The van der Waals surface area contributed by atoms with Crippen molar-refractivity contribution in [1.29, 1.82) is 0 Å². The van der Waals surface area contributed by atoms with Crippen molar-refractivity contribution in [2.24, 2.45) is 5.92 Å². The molecule has 3 aromatic rings. The van der Waals surface area contributed by atoms with Crippen LogP contribution in [0.4, 0.5) is 0 Å². The molecule has 4 heterocycles. The van der Waals surface area contributed by atoms with Crippen molar-refractivity contribution in [3.63, 3.8) is 0 Å². The van der Waals surface area contributed by atoms with E-state index < -0.39 is 23.6 Å². The molecule has 0 spiro atoms. The fourth-order valence-corrected chi connectivity index (χ4v) is 5.13. The van der Waals surface area contributed by atoms with E-state index in [9.17, 15) is 14.4 Å². The number of para-hydroxylation sites is 1. The number of cyclic esters (lactones) is 1. The van der Waals surface area contributed by atoms with Crippen LogP contribution in [0.1, 0.15) is 50.3 Å². The van der Waals surface area contributed by atoms with Gasteiger partial charge in [0.1, 0.15) is 12.6 Å². The standard InChI is InChI=1S/C27H29N3O5/c1-5-27(35-25(32)21(28-4)10-15(2)3)19-12-22-23-17(11-16-8-6-7-9-20(16)29-23)13-30(22)24(31)18(19)14-34-26(27)33/h6-9,11-12,15,21,28H,5,10,13-14H2,1-4H3/t21-,27-/m0/s1. The number of nitrogens with one attached hydrogen (secondary N) is 1. The van der Waals surface area contributed by atoms with E-state index in [2.05, 4.69) is 5.32 Å². The Balaban J connectivity index is 1.65. The first-order chi connectivity index (χ1) is 16.8. The monoisotopic (exact) mass is 475 g/mol. The van der Waals surface area contributed by atoms with Crippen molar-refractivity contribution in [2.45, 2.75) is 58.4 Å². The predicted molar refractivity (Wildman–Crippen MR) is 131 cm³/mol. The second-order valence-corrected chi connectivity index (χ2v) is 9.65. The Bertz CT molecular complexity index is 1410. The fraction of sp³-hybridized carbons (Fsp3) is 0.407. The molecular formula is C27H29N3O5. The number of hydrogen-bond donors (Lipinski definition) is 1. The predicted octanol–water partition coefficient (Wildman–Crippen LogP) is 3.26. The lowest BCUT2D eigenvalue weighted by molar-refractivity contribution is -0.190. The van der Waals surface area contributed by atoms with Gasteiger partial charge in [-0.25, -0.2) is 9.78 Å². The molecular weight excluding hydrogens is 446 g/mol. The van der Waals surface area contributed by atoms with Crippen molar-refractivity contribution >= 4 is 22.8 Å². The molecule has 0 radical (unpaired) electrons. The highest BCUT2D eigenvalue weighted by molar-refractivity contribution is 5.89. The van der Waals surface area contributed by atoms with Crippen LogP contribution in [-0.4, -0.2) is 34.6 Å². The van der Waals surface area contributed by atoms with Crippen molar-refractivity contribution in [3.05, 3.63) is 63.4 Å². The molecule has 2 atom stereocenters. The number of carbonyl (C=O) groups is 2. The van der Waals surface area contributed by atoms with Crippen LogP contribution in [0.3, 0.4) is 0 Å². The lowest BCUT2D eigenvalue weighted by Gasteiger charge is -2.36. The summed E-state index contributed by atoms with van der Waals surface area (Å²) in [4.78, 5) is 44.8. The van der Waals surface area contributed by atoms with Gasteiger partial charge in [-0.05, 0) is 44.0 Å². The average Bonchev–Trinajstić information content (AvgIpc) is 3.20. The molecule has 0 amide bonds. The van der Waals surface area contributed by atoms with E-state index in [1.807, 2.05) is 44.2 Å². The van der Waals surface area contributed by atoms with Gasteiger partial charge < -0.3 is 19.4 Å².